The smallest absolute Gasteiger partial charge is 0.242 e. The summed E-state index contributed by atoms with van der Waals surface area (Å²) in [5, 5.41) is 20.0. The van der Waals surface area contributed by atoms with Gasteiger partial charge in [0.25, 0.3) is 0 Å². The van der Waals surface area contributed by atoms with Gasteiger partial charge in [-0.3, -0.25) is 9.89 Å². The maximum absolute atomic E-state index is 13.8. The molecule has 1 aliphatic heterocycles. The van der Waals surface area contributed by atoms with E-state index in [9.17, 15) is 18.3 Å². The molecule has 1 saturated heterocycles. The summed E-state index contributed by atoms with van der Waals surface area (Å²) in [4.78, 5) is 18.1. The quantitative estimate of drug-likeness (QED) is 0.112. The number of aliphatic hydroxyl groups excluding tert-OH is 1. The summed E-state index contributed by atoms with van der Waals surface area (Å²) < 4.78 is 42.5. The number of sulfonamides is 1. The summed E-state index contributed by atoms with van der Waals surface area (Å²) in [5.74, 6) is 0.0361. The Morgan fingerprint density at radius 3 is 2.40 bits per heavy atom. The van der Waals surface area contributed by atoms with Gasteiger partial charge < -0.3 is 19.9 Å². The number of hydrogen-bond acceptors (Lipinski definition) is 9. The maximum Gasteiger partial charge on any atom is 0.242 e. The Kier molecular flexibility index (Phi) is 11.4. The van der Waals surface area contributed by atoms with E-state index in [-0.39, 0.29) is 36.0 Å². The molecule has 0 unspecified atom stereocenters. The zero-order chi connectivity index (χ0) is 35.1. The highest BCUT2D eigenvalue weighted by molar-refractivity contribution is 7.99. The average molecular weight is 714 g/mol. The Balaban J connectivity index is 1.23. The number of amides is 1. The number of carbonyl (C=O) groups is 1. The molecule has 0 radical (unpaired) electrons. The van der Waals surface area contributed by atoms with Gasteiger partial charge >= 0.3 is 0 Å². The van der Waals surface area contributed by atoms with E-state index in [2.05, 4.69) is 32.1 Å². The summed E-state index contributed by atoms with van der Waals surface area (Å²) in [7, 11) is -4.01. The maximum atomic E-state index is 13.8. The van der Waals surface area contributed by atoms with Gasteiger partial charge in [0.1, 0.15) is 12.4 Å². The van der Waals surface area contributed by atoms with Crippen LogP contribution in [0, 0.1) is 12.8 Å². The van der Waals surface area contributed by atoms with E-state index in [1.165, 1.54) is 30.2 Å². The van der Waals surface area contributed by atoms with Crippen LogP contribution in [0.5, 0.6) is 0 Å². The van der Waals surface area contributed by atoms with Crippen molar-refractivity contribution in [3.63, 3.8) is 0 Å². The molecule has 0 spiro atoms. The Morgan fingerprint density at radius 1 is 0.940 bits per heavy atom. The molecule has 0 saturated carbocycles. The number of anilines is 1. The lowest BCUT2D eigenvalue weighted by Crippen LogP contribution is -2.45. The van der Waals surface area contributed by atoms with E-state index >= 15 is 0 Å². The zero-order valence-corrected chi connectivity index (χ0v) is 29.2. The van der Waals surface area contributed by atoms with Crippen molar-refractivity contribution in [1.29, 1.82) is 0 Å². The largest absolute Gasteiger partial charge is 0.392 e. The number of rotatable bonds is 13. The number of nitrogens with one attached hydrogen (secondary N) is 3. The van der Waals surface area contributed by atoms with E-state index in [1.54, 1.807) is 30.3 Å². The Hall–Kier alpha value is -4.37. The number of aryl methyl sites for hydroxylation is 1. The standard InChI is InChI=1S/C37H39N5O6S2/c1-24-11-17-31(18-12-24)50(45,46)42-32(19-26-7-4-3-5-8-26)35(44)40-30-10-6-9-29(20-30)36-47-33(22-49-37-38-23-39-41-37)25(2)34(48-36)28-15-13-27(21-43)14-16-28/h3-18,20,23,25,32-34,36,42-43H,19,21-22H2,1-2H3,(H,40,44)(H,38,39,41)/t25-,32-,33+,34+,36+/m1/s1. The van der Waals surface area contributed by atoms with Crippen molar-refractivity contribution in [2.45, 2.75) is 61.5 Å². The van der Waals surface area contributed by atoms with E-state index < -0.39 is 28.3 Å². The van der Waals surface area contributed by atoms with E-state index in [4.69, 9.17) is 9.47 Å². The first-order valence-corrected chi connectivity index (χ1v) is 18.7. The number of aromatic nitrogens is 3. The van der Waals surface area contributed by atoms with Gasteiger partial charge in [-0.1, -0.05) is 103 Å². The second-order valence-electron chi connectivity index (χ2n) is 12.2. The molecule has 1 fully saturated rings. The third kappa shape index (κ3) is 8.85. The topological polar surface area (TPSA) is 156 Å². The van der Waals surface area contributed by atoms with Crippen LogP contribution in [0.3, 0.4) is 0 Å². The minimum absolute atomic E-state index is 0.0372. The summed E-state index contributed by atoms with van der Waals surface area (Å²) >= 11 is 1.50. The second kappa shape index (κ2) is 16.1. The first kappa shape index (κ1) is 35.5. The number of H-pyrrole nitrogens is 1. The molecule has 6 rings (SSSR count). The molecule has 0 aliphatic carbocycles. The van der Waals surface area contributed by atoms with Crippen molar-refractivity contribution in [2.24, 2.45) is 5.92 Å². The minimum atomic E-state index is -4.01. The van der Waals surface area contributed by atoms with Gasteiger partial charge in [0.05, 0.1) is 23.7 Å². The summed E-state index contributed by atoms with van der Waals surface area (Å²) in [6.07, 6.45) is 0.266. The molecule has 13 heteroatoms. The summed E-state index contributed by atoms with van der Waals surface area (Å²) in [5.41, 5.74) is 4.62. The highest BCUT2D eigenvalue weighted by Gasteiger charge is 2.38. The lowest BCUT2D eigenvalue weighted by Gasteiger charge is -2.41. The number of carbonyl (C=O) groups excluding carboxylic acids is 1. The van der Waals surface area contributed by atoms with Crippen LogP contribution in [0.4, 0.5) is 5.69 Å². The number of thioether (sulfide) groups is 1. The molecule has 5 aromatic rings. The first-order valence-electron chi connectivity index (χ1n) is 16.2. The van der Waals surface area contributed by atoms with Gasteiger partial charge in [0.2, 0.25) is 15.9 Å². The Bertz CT molecular complexity index is 1960. The number of aromatic amines is 1. The number of hydrogen-bond donors (Lipinski definition) is 4. The SMILES string of the molecule is Cc1ccc(S(=O)(=O)N[C@H](Cc2ccccc2)C(=O)Nc2cccc([C@H]3O[C@@H](CSc4ncn[nH]4)[C@@H](C)[C@@H](c4ccc(CO)cc4)O3)c2)cc1. The normalized spacial score (nSPS) is 19.9. The minimum Gasteiger partial charge on any atom is -0.392 e. The Morgan fingerprint density at radius 2 is 1.70 bits per heavy atom. The summed E-state index contributed by atoms with van der Waals surface area (Å²) in [6, 6.07) is 29.5. The van der Waals surface area contributed by atoms with Crippen LogP contribution in [-0.4, -0.2) is 52.5 Å². The van der Waals surface area contributed by atoms with Gasteiger partial charge in [-0.15, -0.1) is 0 Å². The van der Waals surface area contributed by atoms with Crippen molar-refractivity contribution in [2.75, 3.05) is 11.1 Å². The van der Waals surface area contributed by atoms with Crippen molar-refractivity contribution in [1.82, 2.24) is 19.9 Å². The fourth-order valence-corrected chi connectivity index (χ4v) is 7.88. The highest BCUT2D eigenvalue weighted by Crippen LogP contribution is 2.43. The lowest BCUT2D eigenvalue weighted by molar-refractivity contribution is -0.268. The van der Waals surface area contributed by atoms with Gasteiger partial charge in [-0.2, -0.15) is 9.82 Å². The van der Waals surface area contributed by atoms with Gasteiger partial charge in [-0.25, -0.2) is 13.4 Å². The van der Waals surface area contributed by atoms with Crippen LogP contribution in [-0.2, 0) is 37.3 Å². The molecular formula is C37H39N5O6S2. The molecule has 2 heterocycles. The molecule has 11 nitrogen and oxygen atoms in total. The number of aliphatic hydroxyl groups is 1. The van der Waals surface area contributed by atoms with E-state index in [0.29, 0.717) is 22.2 Å². The zero-order valence-electron chi connectivity index (χ0n) is 27.6. The monoisotopic (exact) mass is 713 g/mol. The van der Waals surface area contributed by atoms with Crippen LogP contribution in [0.2, 0.25) is 0 Å². The fourth-order valence-electron chi connectivity index (χ4n) is 5.74. The number of nitrogens with zero attached hydrogens (tertiary/aromatic N) is 2. The molecule has 1 aromatic heterocycles. The Labute approximate surface area is 295 Å². The number of benzene rings is 4. The van der Waals surface area contributed by atoms with Gasteiger partial charge in [0, 0.05) is 22.9 Å². The third-order valence-electron chi connectivity index (χ3n) is 8.55. The van der Waals surface area contributed by atoms with Crippen molar-refractivity contribution < 1.29 is 27.8 Å². The van der Waals surface area contributed by atoms with Gasteiger partial charge in [0.15, 0.2) is 11.4 Å². The lowest BCUT2D eigenvalue weighted by atomic mass is 9.91. The fraction of sp³-hybridized carbons (Fsp3) is 0.270. The summed E-state index contributed by atoms with van der Waals surface area (Å²) in [6.45, 7) is 3.90. The first-order chi connectivity index (χ1) is 24.2. The predicted octanol–water partition coefficient (Wildman–Crippen LogP) is 5.72. The molecule has 0 bridgehead atoms. The van der Waals surface area contributed by atoms with Crippen molar-refractivity contribution in [3.05, 3.63) is 137 Å². The van der Waals surface area contributed by atoms with E-state index in [0.717, 1.165) is 22.3 Å². The van der Waals surface area contributed by atoms with Crippen LogP contribution in [0.15, 0.2) is 120 Å². The molecule has 1 aliphatic rings. The van der Waals surface area contributed by atoms with Gasteiger partial charge in [-0.05, 0) is 54.3 Å². The van der Waals surface area contributed by atoms with Crippen LogP contribution >= 0.6 is 11.8 Å². The van der Waals surface area contributed by atoms with E-state index in [1.807, 2.05) is 67.6 Å². The molecule has 4 aromatic carbocycles. The van der Waals surface area contributed by atoms with Crippen LogP contribution < -0.4 is 10.0 Å². The average Bonchev–Trinajstić information content (AvgIpc) is 3.65. The highest BCUT2D eigenvalue weighted by atomic mass is 32.2. The molecular weight excluding hydrogens is 675 g/mol. The van der Waals surface area contributed by atoms with Crippen LogP contribution in [0.1, 0.15) is 47.1 Å². The second-order valence-corrected chi connectivity index (χ2v) is 14.9. The predicted molar refractivity (Wildman–Crippen MR) is 191 cm³/mol. The van der Waals surface area contributed by atoms with Crippen LogP contribution in [0.25, 0.3) is 0 Å². The number of ether oxygens (including phenoxy) is 2. The molecule has 5 atom stereocenters. The molecule has 50 heavy (non-hydrogen) atoms. The molecule has 1 amide bonds. The van der Waals surface area contributed by atoms with Crippen molar-refractivity contribution >= 4 is 33.4 Å². The molecule has 4 N–H and O–H groups in total. The third-order valence-corrected chi connectivity index (χ3v) is 11.0. The molecule has 260 valence electrons. The van der Waals surface area contributed by atoms with Crippen molar-refractivity contribution in [3.8, 4) is 0 Å².